The Morgan fingerprint density at radius 3 is 1.87 bits per heavy atom. The van der Waals surface area contributed by atoms with Crippen LogP contribution in [0.5, 0.6) is 0 Å². The molecule has 0 saturated heterocycles. The Morgan fingerprint density at radius 2 is 1.36 bits per heavy atom. The van der Waals surface area contributed by atoms with Gasteiger partial charge in [-0.05, 0) is 41.7 Å². The third kappa shape index (κ3) is 5.35. The number of fused-ring (bicyclic) bond motifs is 2. The van der Waals surface area contributed by atoms with E-state index in [9.17, 15) is 4.79 Å². The van der Waals surface area contributed by atoms with E-state index in [-0.39, 0.29) is 22.8 Å². The van der Waals surface area contributed by atoms with Crippen molar-refractivity contribution in [1.82, 2.24) is 23.9 Å². The van der Waals surface area contributed by atoms with Gasteiger partial charge in [0.25, 0.3) is 5.56 Å². The number of H-pyrrole nitrogens is 1. The zero-order valence-corrected chi connectivity index (χ0v) is 27.9. The highest BCUT2D eigenvalue weighted by Gasteiger charge is 2.43. The molecule has 0 aliphatic carbocycles. The number of ether oxygens (including phenoxy) is 1. The van der Waals surface area contributed by atoms with Crippen LogP contribution in [0.25, 0.3) is 16.9 Å². The number of hydrogen-bond acceptors (Lipinski definition) is 5. The van der Waals surface area contributed by atoms with E-state index in [1.54, 1.807) is 15.3 Å². The summed E-state index contributed by atoms with van der Waals surface area (Å²) in [6.07, 6.45) is 1.62. The van der Waals surface area contributed by atoms with Crippen LogP contribution in [-0.2, 0) is 21.3 Å². The number of benzene rings is 3. The highest BCUT2D eigenvalue weighted by atomic mass is 28.4. The summed E-state index contributed by atoms with van der Waals surface area (Å²) < 4.78 is 15.7. The smallest absolute Gasteiger partial charge is 0.287 e. The molecule has 0 unspecified atom stereocenters. The number of aromatic amines is 1. The summed E-state index contributed by atoms with van der Waals surface area (Å²) in [7, 11) is -1.86. The molecular weight excluding hydrogens is 579 g/mol. The van der Waals surface area contributed by atoms with Gasteiger partial charge in [-0.3, -0.25) is 9.36 Å². The highest BCUT2D eigenvalue weighted by molar-refractivity contribution is 6.74. The van der Waals surface area contributed by atoms with Gasteiger partial charge in [0, 0.05) is 5.69 Å². The lowest BCUT2D eigenvalue weighted by Crippen LogP contribution is -2.41. The van der Waals surface area contributed by atoms with Crippen LogP contribution in [0.3, 0.4) is 0 Å². The maximum atomic E-state index is 14.4. The van der Waals surface area contributed by atoms with E-state index >= 15 is 0 Å². The predicted octanol–water partition coefficient (Wildman–Crippen LogP) is 7.06. The number of aromatic nitrogens is 5. The molecule has 0 saturated carbocycles. The monoisotopic (exact) mass is 619 g/mol. The number of imidazole rings is 2. The van der Waals surface area contributed by atoms with Crippen LogP contribution in [0.4, 0.5) is 0 Å². The molecular formula is C36H41N5O3Si. The molecule has 8 nitrogen and oxygen atoms in total. The molecule has 6 aromatic rings. The summed E-state index contributed by atoms with van der Waals surface area (Å²) in [6.45, 7) is 14.3. The fourth-order valence-electron chi connectivity index (χ4n) is 5.94. The molecule has 6 rings (SSSR count). The highest BCUT2D eigenvalue weighted by Crippen LogP contribution is 2.46. The molecule has 9 heteroatoms. The van der Waals surface area contributed by atoms with E-state index in [4.69, 9.17) is 14.1 Å². The topological polar surface area (TPSA) is 86.4 Å². The first-order valence-corrected chi connectivity index (χ1v) is 18.3. The van der Waals surface area contributed by atoms with Gasteiger partial charge in [0.1, 0.15) is 6.73 Å². The molecule has 0 amide bonds. The van der Waals surface area contributed by atoms with Crippen molar-refractivity contribution in [1.29, 1.82) is 0 Å². The lowest BCUT2D eigenvalue weighted by molar-refractivity contribution is 0.0525. The van der Waals surface area contributed by atoms with E-state index in [1.165, 1.54) is 0 Å². The molecule has 0 atom stereocenters. The molecule has 1 N–H and O–H groups in total. The van der Waals surface area contributed by atoms with Crippen LogP contribution in [-0.4, -0.2) is 45.5 Å². The maximum Gasteiger partial charge on any atom is 0.287 e. The molecule has 3 aromatic carbocycles. The Hall–Kier alpha value is -4.31. The lowest BCUT2D eigenvalue weighted by Gasteiger charge is -2.36. The van der Waals surface area contributed by atoms with Crippen LogP contribution < -0.4 is 5.56 Å². The maximum absolute atomic E-state index is 14.4. The van der Waals surface area contributed by atoms with Crippen molar-refractivity contribution in [2.24, 2.45) is 0 Å². The van der Waals surface area contributed by atoms with Crippen LogP contribution in [0.2, 0.25) is 18.1 Å². The summed E-state index contributed by atoms with van der Waals surface area (Å²) in [4.78, 5) is 27.4. The molecule has 0 radical (unpaired) electrons. The molecule has 232 valence electrons. The van der Waals surface area contributed by atoms with Gasteiger partial charge >= 0.3 is 0 Å². The Bertz CT molecular complexity index is 1880. The third-order valence-corrected chi connectivity index (χ3v) is 13.8. The fourth-order valence-corrected chi connectivity index (χ4v) is 6.96. The van der Waals surface area contributed by atoms with Gasteiger partial charge in [-0.25, -0.2) is 9.38 Å². The van der Waals surface area contributed by atoms with E-state index in [1.807, 2.05) is 61.5 Å². The summed E-state index contributed by atoms with van der Waals surface area (Å²) in [6, 6.07) is 31.0. The number of nitrogens with zero attached hydrogens (tertiary/aromatic N) is 4. The molecule has 0 spiro atoms. The first-order valence-electron chi connectivity index (χ1n) is 15.4. The predicted molar refractivity (Wildman–Crippen MR) is 181 cm³/mol. The second-order valence-electron chi connectivity index (χ2n) is 13.1. The number of aryl methyl sites for hydroxylation is 1. The molecule has 3 heterocycles. The Labute approximate surface area is 264 Å². The van der Waals surface area contributed by atoms with Gasteiger partial charge in [0.2, 0.25) is 5.78 Å². The largest absolute Gasteiger partial charge is 0.414 e. The quantitative estimate of drug-likeness (QED) is 0.101. The second-order valence-corrected chi connectivity index (χ2v) is 17.9. The third-order valence-electron chi connectivity index (χ3n) is 9.22. The van der Waals surface area contributed by atoms with Crippen molar-refractivity contribution in [3.63, 3.8) is 0 Å². The van der Waals surface area contributed by atoms with Crippen LogP contribution >= 0.6 is 0 Å². The molecule has 45 heavy (non-hydrogen) atoms. The average Bonchev–Trinajstić information content (AvgIpc) is 3.59. The van der Waals surface area contributed by atoms with Crippen LogP contribution in [0, 0.1) is 6.92 Å². The SMILES string of the molecule is Cc1[nH]c2nc3c(ncn3COCCO[Si](C)(C)C(C)(C)C)c(=O)n2c1C(c1ccccc1)(c1ccccc1)c1ccccc1. The van der Waals surface area contributed by atoms with Crippen LogP contribution in [0.1, 0.15) is 48.8 Å². The molecule has 0 aliphatic rings. The zero-order valence-electron chi connectivity index (χ0n) is 26.9. The van der Waals surface area contributed by atoms with Gasteiger partial charge in [0.15, 0.2) is 19.5 Å². The molecule has 0 bridgehead atoms. The van der Waals surface area contributed by atoms with Gasteiger partial charge in [-0.1, -0.05) is 112 Å². The fraction of sp³-hybridized carbons (Fsp3) is 0.306. The summed E-state index contributed by atoms with van der Waals surface area (Å²) in [5.41, 5.74) is 4.47. The number of rotatable bonds is 10. The van der Waals surface area contributed by atoms with E-state index in [0.29, 0.717) is 24.6 Å². The Morgan fingerprint density at radius 1 is 0.822 bits per heavy atom. The second kappa shape index (κ2) is 11.9. The van der Waals surface area contributed by atoms with E-state index < -0.39 is 13.7 Å². The minimum absolute atomic E-state index is 0.136. The van der Waals surface area contributed by atoms with Gasteiger partial charge < -0.3 is 14.1 Å². The van der Waals surface area contributed by atoms with Crippen molar-refractivity contribution in [3.8, 4) is 0 Å². The molecule has 0 fully saturated rings. The van der Waals surface area contributed by atoms with Crippen molar-refractivity contribution in [2.75, 3.05) is 13.2 Å². The number of nitrogens with one attached hydrogen (secondary N) is 1. The van der Waals surface area contributed by atoms with Crippen molar-refractivity contribution < 1.29 is 9.16 Å². The average molecular weight is 620 g/mol. The Balaban J connectivity index is 1.46. The van der Waals surface area contributed by atoms with E-state index in [2.05, 4.69) is 80.2 Å². The minimum Gasteiger partial charge on any atom is -0.414 e. The van der Waals surface area contributed by atoms with Crippen molar-refractivity contribution >= 4 is 25.3 Å². The van der Waals surface area contributed by atoms with Crippen molar-refractivity contribution in [3.05, 3.63) is 136 Å². The van der Waals surface area contributed by atoms with Crippen LogP contribution in [0.15, 0.2) is 102 Å². The zero-order chi connectivity index (χ0) is 31.8. The van der Waals surface area contributed by atoms with Gasteiger partial charge in [0.05, 0.1) is 30.7 Å². The van der Waals surface area contributed by atoms with Crippen molar-refractivity contribution in [2.45, 2.75) is 58.0 Å². The Kier molecular flexibility index (Phi) is 8.11. The lowest BCUT2D eigenvalue weighted by atomic mass is 9.66. The normalized spacial score (nSPS) is 12.8. The summed E-state index contributed by atoms with van der Waals surface area (Å²) in [5, 5.41) is 0.136. The first kappa shape index (κ1) is 30.7. The summed E-state index contributed by atoms with van der Waals surface area (Å²) in [5.74, 6) is 0.454. The first-order chi connectivity index (χ1) is 21.6. The number of hydrogen-bond donors (Lipinski definition) is 1. The van der Waals surface area contributed by atoms with Gasteiger partial charge in [-0.2, -0.15) is 4.98 Å². The minimum atomic E-state index is -1.86. The standard InChI is InChI=1S/C36H41N5O3Si/c1-26-31(36(27-16-10-7-11-17-27,28-18-12-8-13-19-28)29-20-14-9-15-21-29)41-33(42)30-32(39-34(41)38-26)40(24-37-30)25-43-22-23-44-45(5,6)35(2,3)4/h7-21,24H,22-23,25H2,1-6H3,(H,38,39). The van der Waals surface area contributed by atoms with Gasteiger partial charge in [-0.15, -0.1) is 0 Å². The summed E-state index contributed by atoms with van der Waals surface area (Å²) >= 11 is 0. The molecule has 3 aromatic heterocycles. The molecule has 0 aliphatic heterocycles. The van der Waals surface area contributed by atoms with E-state index in [0.717, 1.165) is 28.1 Å².